The first-order chi connectivity index (χ1) is 22.9. The van der Waals surface area contributed by atoms with Gasteiger partial charge < -0.3 is 45.4 Å². The first-order valence-electron chi connectivity index (χ1n) is 15.0. The zero-order valence-corrected chi connectivity index (χ0v) is 25.7. The molecule has 2 fully saturated rings. The Morgan fingerprint density at radius 3 is 2.33 bits per heavy atom. The van der Waals surface area contributed by atoms with Gasteiger partial charge in [-0.25, -0.2) is 34.4 Å². The molecule has 0 atom stereocenters. The molecule has 2 saturated carbocycles. The first-order valence-corrected chi connectivity index (χ1v) is 15.0. The number of hydrogen-bond donors (Lipinski definition) is 7. The number of nitrogens with zero attached hydrogens (tertiary/aromatic N) is 9. The molecule has 1 amide bonds. The third-order valence-electron chi connectivity index (χ3n) is 8.11. The number of rotatable bonds is 11. The predicted molar refractivity (Wildman–Crippen MR) is 162 cm³/mol. The van der Waals surface area contributed by atoms with Gasteiger partial charge in [-0.1, -0.05) is 0 Å². The van der Waals surface area contributed by atoms with E-state index in [2.05, 4.69) is 40.3 Å². The Morgan fingerprint density at radius 2 is 1.75 bits per heavy atom. The Balaban J connectivity index is 1.17. The van der Waals surface area contributed by atoms with Crippen LogP contribution in [0.2, 0.25) is 0 Å². The third kappa shape index (κ3) is 7.46. The molecule has 0 radical (unpaired) electrons. The second-order valence-corrected chi connectivity index (χ2v) is 11.6. The summed E-state index contributed by atoms with van der Waals surface area (Å²) in [6.45, 7) is -0.129. The number of methoxy groups -OCH3 is 1. The fourth-order valence-electron chi connectivity index (χ4n) is 5.28. The van der Waals surface area contributed by atoms with Crippen LogP contribution in [0.25, 0.3) is 22.6 Å². The van der Waals surface area contributed by atoms with Crippen molar-refractivity contribution in [3.8, 4) is 28.7 Å². The molecule has 4 heterocycles. The number of aromatic nitrogens is 8. The second kappa shape index (κ2) is 13.3. The van der Waals surface area contributed by atoms with Gasteiger partial charge in [0.05, 0.1) is 36.4 Å². The summed E-state index contributed by atoms with van der Waals surface area (Å²) >= 11 is 0. The Labute approximate surface area is 272 Å². The van der Waals surface area contributed by atoms with Gasteiger partial charge in [0.25, 0.3) is 6.41 Å². The zero-order chi connectivity index (χ0) is 34.1. The Bertz CT molecular complexity index is 1720. The average Bonchev–Trinajstić information content (AvgIpc) is 3.60. The van der Waals surface area contributed by atoms with E-state index in [1.807, 2.05) is 0 Å². The Morgan fingerprint density at radius 1 is 1.02 bits per heavy atom. The highest BCUT2D eigenvalue weighted by molar-refractivity contribution is 5.87. The normalized spacial score (nSPS) is 18.8. The molecule has 19 nitrogen and oxygen atoms in total. The summed E-state index contributed by atoms with van der Waals surface area (Å²) in [5.74, 6) is -2.92. The second-order valence-electron chi connectivity index (χ2n) is 11.6. The van der Waals surface area contributed by atoms with Gasteiger partial charge in [0.2, 0.25) is 5.95 Å². The highest BCUT2D eigenvalue weighted by Gasteiger charge is 2.43. The molecule has 0 saturated heterocycles. The smallest absolute Gasteiger partial charge is 0.415 e. The first kappa shape index (κ1) is 33.0. The van der Waals surface area contributed by atoms with Crippen LogP contribution in [-0.2, 0) is 10.7 Å². The van der Waals surface area contributed by atoms with Crippen molar-refractivity contribution in [3.05, 3.63) is 48.8 Å². The maximum atomic E-state index is 13.4. The van der Waals surface area contributed by atoms with Crippen LogP contribution in [0, 0.1) is 0 Å². The number of anilines is 2. The van der Waals surface area contributed by atoms with Crippen LogP contribution < -0.4 is 15.0 Å². The largest absolute Gasteiger partial charge is 0.467 e. The topological polar surface area (TPSA) is 267 Å². The van der Waals surface area contributed by atoms with Crippen molar-refractivity contribution in [2.24, 2.45) is 0 Å². The molecule has 0 unspecified atom stereocenters. The summed E-state index contributed by atoms with van der Waals surface area (Å²) in [7, 11) is 1.46. The van der Waals surface area contributed by atoms with Gasteiger partial charge in [-0.2, -0.15) is 5.10 Å². The monoisotopic (exact) mass is 666 g/mol. The van der Waals surface area contributed by atoms with Crippen molar-refractivity contribution in [3.63, 3.8) is 0 Å². The van der Waals surface area contributed by atoms with Crippen molar-refractivity contribution in [1.29, 1.82) is 0 Å². The molecule has 0 bridgehead atoms. The van der Waals surface area contributed by atoms with E-state index in [1.165, 1.54) is 36.7 Å². The van der Waals surface area contributed by atoms with Gasteiger partial charge in [-0.05, 0) is 44.6 Å². The zero-order valence-electron chi connectivity index (χ0n) is 25.7. The highest BCUT2D eigenvalue weighted by atomic mass is 16.7. The van der Waals surface area contributed by atoms with Gasteiger partial charge in [-0.15, -0.1) is 0 Å². The predicted octanol–water partition coefficient (Wildman–Crippen LogP) is 0.0148. The van der Waals surface area contributed by atoms with Crippen LogP contribution in [0.15, 0.2) is 43.2 Å². The lowest BCUT2D eigenvalue weighted by atomic mass is 9.90. The van der Waals surface area contributed by atoms with Gasteiger partial charge in [-0.3, -0.25) is 9.88 Å². The SMILES string of the molecule is COc1ncc(-c2cnc(N(C(=O)OCC3(O)CC3)C3CCC(Nc4ncc(C(O)(O)O)c(-c5ccn(C(O)O)n5)n4)CC3)cn2)cn1. The van der Waals surface area contributed by atoms with E-state index in [-0.39, 0.29) is 47.9 Å². The minimum absolute atomic E-state index is 0.0189. The molecule has 48 heavy (non-hydrogen) atoms. The molecule has 6 rings (SSSR count). The van der Waals surface area contributed by atoms with Crippen LogP contribution >= 0.6 is 0 Å². The van der Waals surface area contributed by atoms with E-state index in [0.29, 0.717) is 49.8 Å². The summed E-state index contributed by atoms with van der Waals surface area (Å²) in [5.41, 5.74) is -0.509. The number of ether oxygens (including phenoxy) is 2. The van der Waals surface area contributed by atoms with Crippen LogP contribution in [0.4, 0.5) is 16.6 Å². The van der Waals surface area contributed by atoms with E-state index >= 15 is 0 Å². The molecule has 4 aromatic heterocycles. The highest BCUT2D eigenvalue weighted by Crippen LogP contribution is 2.36. The summed E-state index contributed by atoms with van der Waals surface area (Å²) in [4.78, 5) is 40.4. The van der Waals surface area contributed by atoms with Crippen LogP contribution in [0.3, 0.4) is 0 Å². The lowest BCUT2D eigenvalue weighted by Crippen LogP contribution is -2.45. The maximum absolute atomic E-state index is 13.4. The van der Waals surface area contributed by atoms with E-state index in [4.69, 9.17) is 9.47 Å². The van der Waals surface area contributed by atoms with E-state index in [9.17, 15) is 35.4 Å². The molecular formula is C29H34N10O9. The number of nitrogens with one attached hydrogen (secondary N) is 1. The Kier molecular flexibility index (Phi) is 9.14. The fourth-order valence-corrected chi connectivity index (χ4v) is 5.28. The number of hydrogen-bond acceptors (Lipinski definition) is 17. The number of aliphatic hydroxyl groups excluding tert-OH is 1. The molecule has 0 spiro atoms. The molecule has 7 N–H and O–H groups in total. The molecule has 2 aliphatic rings. The molecule has 19 heteroatoms. The van der Waals surface area contributed by atoms with Gasteiger partial charge in [0.1, 0.15) is 18.0 Å². The van der Waals surface area contributed by atoms with Crippen molar-refractivity contribution >= 4 is 17.9 Å². The summed E-state index contributed by atoms with van der Waals surface area (Å²) in [6.07, 6.45) is 9.00. The van der Waals surface area contributed by atoms with E-state index < -0.39 is 29.6 Å². The molecule has 254 valence electrons. The fraction of sp³-hybridized carbons (Fsp3) is 0.448. The summed E-state index contributed by atoms with van der Waals surface area (Å²) < 4.78 is 11.3. The van der Waals surface area contributed by atoms with Crippen molar-refractivity contribution in [1.82, 2.24) is 39.7 Å². The summed E-state index contributed by atoms with van der Waals surface area (Å²) in [5, 5.41) is 65.8. The maximum Gasteiger partial charge on any atom is 0.415 e. The van der Waals surface area contributed by atoms with Crippen molar-refractivity contribution in [2.75, 3.05) is 23.9 Å². The molecule has 0 aliphatic heterocycles. The number of amides is 1. The lowest BCUT2D eigenvalue weighted by molar-refractivity contribution is -0.323. The van der Waals surface area contributed by atoms with Crippen LogP contribution in [-0.4, -0.2) is 108 Å². The standard InChI is InChI=1S/C29H34N10O9/c1-47-25-33-10-16(11-34-25)21-13-31-22(14-30-21)39(27(42)48-15-28(43)7-8-28)18-4-2-17(3-5-18)35-24-32-12-19(29(44,45)46)23(36-24)20-6-9-38(37-20)26(40)41/h6,9-14,17-18,26,40-41,43-46H,2-5,7-8,15H2,1H3,(H,32,35,36). The van der Waals surface area contributed by atoms with Crippen LogP contribution in [0.5, 0.6) is 6.01 Å². The van der Waals surface area contributed by atoms with E-state index in [0.717, 1.165) is 10.9 Å². The lowest BCUT2D eigenvalue weighted by Gasteiger charge is -2.36. The number of aliphatic hydroxyl groups is 6. The number of carbonyl (C=O) groups is 1. The molecule has 0 aromatic carbocycles. The molecule has 2 aliphatic carbocycles. The molecule has 4 aromatic rings. The average molecular weight is 667 g/mol. The minimum atomic E-state index is -3.29. The van der Waals surface area contributed by atoms with Crippen molar-refractivity contribution < 1.29 is 44.9 Å². The summed E-state index contributed by atoms with van der Waals surface area (Å²) in [6, 6.07) is 1.08. The molecular weight excluding hydrogens is 632 g/mol. The van der Waals surface area contributed by atoms with Crippen molar-refractivity contribution in [2.45, 2.75) is 68.6 Å². The van der Waals surface area contributed by atoms with Gasteiger partial charge in [0.15, 0.2) is 5.82 Å². The van der Waals surface area contributed by atoms with Crippen LogP contribution in [0.1, 0.15) is 50.5 Å². The van der Waals surface area contributed by atoms with Gasteiger partial charge in [0, 0.05) is 42.4 Å². The van der Waals surface area contributed by atoms with E-state index in [1.54, 1.807) is 12.4 Å². The number of carbonyl (C=O) groups excluding carboxylic acids is 1. The third-order valence-corrected chi connectivity index (χ3v) is 8.11. The Hall–Kier alpha value is -4.92. The van der Waals surface area contributed by atoms with Gasteiger partial charge >= 0.3 is 18.1 Å². The minimum Gasteiger partial charge on any atom is -0.467 e. The quantitative estimate of drug-likeness (QED) is 0.104.